The first-order valence-electron chi connectivity index (χ1n) is 7.31. The van der Waals surface area contributed by atoms with Crippen molar-refractivity contribution in [3.8, 4) is 0 Å². The van der Waals surface area contributed by atoms with Crippen LogP contribution >= 0.6 is 0 Å². The van der Waals surface area contributed by atoms with Crippen LogP contribution in [0, 0.1) is 5.82 Å². The average Bonchev–Trinajstić information content (AvgIpc) is 2.47. The van der Waals surface area contributed by atoms with Crippen LogP contribution in [-0.4, -0.2) is 50.2 Å². The molecule has 116 valence electrons. The first-order chi connectivity index (χ1) is 9.99. The van der Waals surface area contributed by atoms with Crippen molar-refractivity contribution in [2.45, 2.75) is 19.3 Å². The van der Waals surface area contributed by atoms with Gasteiger partial charge in [-0.05, 0) is 11.6 Å². The lowest BCUT2D eigenvalue weighted by atomic mass is 9.84. The van der Waals surface area contributed by atoms with Crippen molar-refractivity contribution in [3.05, 3.63) is 35.6 Å². The fraction of sp³-hybridized carbons (Fsp3) is 0.562. The van der Waals surface area contributed by atoms with E-state index in [1.54, 1.807) is 12.1 Å². The number of hydrogen-bond donors (Lipinski definition) is 1. The second-order valence-corrected chi connectivity index (χ2v) is 6.03. The molecule has 0 aromatic heterocycles. The van der Waals surface area contributed by atoms with Crippen LogP contribution in [0.2, 0.25) is 0 Å². The third kappa shape index (κ3) is 4.51. The first-order valence-corrected chi connectivity index (χ1v) is 7.31. The third-order valence-electron chi connectivity index (χ3n) is 3.80. The number of ether oxygens (including phenoxy) is 1. The smallest absolute Gasteiger partial charge is 0.234 e. The first kappa shape index (κ1) is 15.9. The third-order valence-corrected chi connectivity index (χ3v) is 3.80. The molecule has 0 atom stereocenters. The molecule has 0 spiro atoms. The summed E-state index contributed by atoms with van der Waals surface area (Å²) in [7, 11) is 0. The zero-order valence-corrected chi connectivity index (χ0v) is 12.7. The normalized spacial score (nSPS) is 16.7. The van der Waals surface area contributed by atoms with Gasteiger partial charge in [0.15, 0.2) is 0 Å². The largest absolute Gasteiger partial charge is 0.379 e. The number of carbonyl (C=O) groups is 1. The van der Waals surface area contributed by atoms with E-state index >= 15 is 0 Å². The van der Waals surface area contributed by atoms with E-state index in [1.165, 1.54) is 6.07 Å². The average molecular weight is 294 g/mol. The molecule has 21 heavy (non-hydrogen) atoms. The number of hydrogen-bond acceptors (Lipinski definition) is 3. The van der Waals surface area contributed by atoms with Crippen molar-refractivity contribution in [2.75, 3.05) is 39.4 Å². The van der Waals surface area contributed by atoms with Crippen LogP contribution < -0.4 is 5.32 Å². The number of rotatable bonds is 5. The molecule has 1 N–H and O–H groups in total. The van der Waals surface area contributed by atoms with Crippen LogP contribution in [0.1, 0.15) is 19.4 Å². The van der Waals surface area contributed by atoms with E-state index in [-0.39, 0.29) is 11.7 Å². The fourth-order valence-corrected chi connectivity index (χ4v) is 2.44. The standard InChI is InChI=1S/C16H23FN2O2/c1-16(2,13-5-3-4-6-14(13)17)12-18-15(20)11-19-7-9-21-10-8-19/h3-6H,7-12H2,1-2H3,(H,18,20). The molecule has 5 heteroatoms. The Hall–Kier alpha value is -1.46. The minimum Gasteiger partial charge on any atom is -0.379 e. The second-order valence-electron chi connectivity index (χ2n) is 6.03. The molecule has 1 saturated heterocycles. The van der Waals surface area contributed by atoms with Crippen LogP contribution in [0.15, 0.2) is 24.3 Å². The Bertz CT molecular complexity index is 485. The molecule has 0 aliphatic carbocycles. The molecular formula is C16H23FN2O2. The molecule has 1 aromatic rings. The van der Waals surface area contributed by atoms with Crippen LogP contribution in [0.3, 0.4) is 0 Å². The van der Waals surface area contributed by atoms with Gasteiger partial charge in [0.1, 0.15) is 5.82 Å². The number of nitrogens with zero attached hydrogens (tertiary/aromatic N) is 1. The number of amides is 1. The Labute approximate surface area is 125 Å². The monoisotopic (exact) mass is 294 g/mol. The van der Waals surface area contributed by atoms with Gasteiger partial charge >= 0.3 is 0 Å². The van der Waals surface area contributed by atoms with E-state index in [4.69, 9.17) is 4.74 Å². The molecule has 0 unspecified atom stereocenters. The minimum atomic E-state index is -0.438. The van der Waals surface area contributed by atoms with E-state index in [9.17, 15) is 9.18 Å². The van der Waals surface area contributed by atoms with Crippen molar-refractivity contribution in [3.63, 3.8) is 0 Å². The van der Waals surface area contributed by atoms with Crippen LogP contribution in [0.25, 0.3) is 0 Å². The maximum atomic E-state index is 13.8. The summed E-state index contributed by atoms with van der Waals surface area (Å²) in [5, 5.41) is 2.91. The van der Waals surface area contributed by atoms with Gasteiger partial charge in [-0.1, -0.05) is 32.0 Å². The Morgan fingerprint density at radius 3 is 2.67 bits per heavy atom. The number of morpholine rings is 1. The predicted octanol–water partition coefficient (Wildman–Crippen LogP) is 1.55. The van der Waals surface area contributed by atoms with Crippen molar-refractivity contribution in [1.29, 1.82) is 0 Å². The van der Waals surface area contributed by atoms with Crippen LogP contribution in [0.5, 0.6) is 0 Å². The van der Waals surface area contributed by atoms with Crippen LogP contribution in [-0.2, 0) is 14.9 Å². The van der Waals surface area contributed by atoms with E-state index in [0.29, 0.717) is 31.9 Å². The van der Waals surface area contributed by atoms with E-state index in [0.717, 1.165) is 13.1 Å². The number of benzene rings is 1. The van der Waals surface area contributed by atoms with Gasteiger partial charge in [-0.3, -0.25) is 9.69 Å². The van der Waals surface area contributed by atoms with Gasteiger partial charge in [0.25, 0.3) is 0 Å². The summed E-state index contributed by atoms with van der Waals surface area (Å²) in [6.45, 7) is 7.56. The Morgan fingerprint density at radius 1 is 1.33 bits per heavy atom. The number of nitrogens with one attached hydrogen (secondary N) is 1. The summed E-state index contributed by atoms with van der Waals surface area (Å²) in [5.74, 6) is -0.258. The molecule has 0 radical (unpaired) electrons. The molecule has 1 heterocycles. The van der Waals surface area contributed by atoms with E-state index < -0.39 is 5.41 Å². The summed E-state index contributed by atoms with van der Waals surface area (Å²) in [4.78, 5) is 14.1. The highest BCUT2D eigenvalue weighted by Gasteiger charge is 2.25. The lowest BCUT2D eigenvalue weighted by molar-refractivity contribution is -0.123. The lowest BCUT2D eigenvalue weighted by Gasteiger charge is -2.28. The maximum absolute atomic E-state index is 13.8. The van der Waals surface area contributed by atoms with Gasteiger partial charge in [0.2, 0.25) is 5.91 Å². The number of carbonyl (C=O) groups excluding carboxylic acids is 1. The molecule has 0 saturated carbocycles. The van der Waals surface area contributed by atoms with Crippen LogP contribution in [0.4, 0.5) is 4.39 Å². The van der Waals surface area contributed by atoms with Gasteiger partial charge in [-0.25, -0.2) is 4.39 Å². The Kier molecular flexibility index (Phi) is 5.31. The fourth-order valence-electron chi connectivity index (χ4n) is 2.44. The molecule has 4 nitrogen and oxygen atoms in total. The summed E-state index contributed by atoms with van der Waals surface area (Å²) in [6, 6.07) is 6.71. The van der Waals surface area contributed by atoms with Gasteiger partial charge in [-0.15, -0.1) is 0 Å². The Morgan fingerprint density at radius 2 is 2.00 bits per heavy atom. The highest BCUT2D eigenvalue weighted by molar-refractivity contribution is 5.78. The highest BCUT2D eigenvalue weighted by atomic mass is 19.1. The zero-order chi connectivity index (χ0) is 15.3. The molecular weight excluding hydrogens is 271 g/mol. The van der Waals surface area contributed by atoms with E-state index in [1.807, 2.05) is 19.9 Å². The molecule has 0 bridgehead atoms. The summed E-state index contributed by atoms with van der Waals surface area (Å²) in [5.41, 5.74) is 0.183. The zero-order valence-electron chi connectivity index (χ0n) is 12.7. The predicted molar refractivity (Wildman–Crippen MR) is 79.7 cm³/mol. The Balaban J connectivity index is 1.86. The summed E-state index contributed by atoms with van der Waals surface area (Å²) in [6.07, 6.45) is 0. The van der Waals surface area contributed by atoms with Crippen molar-refractivity contribution in [2.24, 2.45) is 0 Å². The summed E-state index contributed by atoms with van der Waals surface area (Å²) < 4.78 is 19.1. The molecule has 1 fully saturated rings. The molecule has 1 amide bonds. The molecule has 1 aliphatic rings. The summed E-state index contributed by atoms with van der Waals surface area (Å²) >= 11 is 0. The van der Waals surface area contributed by atoms with Crippen molar-refractivity contribution >= 4 is 5.91 Å². The molecule has 1 aromatic carbocycles. The number of halogens is 1. The van der Waals surface area contributed by atoms with E-state index in [2.05, 4.69) is 10.2 Å². The highest BCUT2D eigenvalue weighted by Crippen LogP contribution is 2.24. The van der Waals surface area contributed by atoms with Gasteiger partial charge in [0, 0.05) is 25.0 Å². The SMILES string of the molecule is CC(C)(CNC(=O)CN1CCOCC1)c1ccccc1F. The van der Waals surface area contributed by atoms with Gasteiger partial charge in [0.05, 0.1) is 19.8 Å². The second kappa shape index (κ2) is 7.00. The van der Waals surface area contributed by atoms with Gasteiger partial charge in [-0.2, -0.15) is 0 Å². The molecule has 1 aliphatic heterocycles. The maximum Gasteiger partial charge on any atom is 0.234 e. The topological polar surface area (TPSA) is 41.6 Å². The van der Waals surface area contributed by atoms with Gasteiger partial charge < -0.3 is 10.1 Å². The quantitative estimate of drug-likeness (QED) is 0.896. The van der Waals surface area contributed by atoms with Crippen molar-refractivity contribution in [1.82, 2.24) is 10.2 Å². The minimum absolute atomic E-state index is 0.0266. The van der Waals surface area contributed by atoms with Crippen molar-refractivity contribution < 1.29 is 13.9 Å². The lowest BCUT2D eigenvalue weighted by Crippen LogP contribution is -2.45. The molecule has 2 rings (SSSR count).